The van der Waals surface area contributed by atoms with Gasteiger partial charge < -0.3 is 0 Å². The van der Waals surface area contributed by atoms with Crippen molar-refractivity contribution in [1.29, 1.82) is 0 Å². The molecule has 15 heavy (non-hydrogen) atoms. The van der Waals surface area contributed by atoms with Crippen LogP contribution in [0.4, 0.5) is 0 Å². The smallest absolute Gasteiger partial charge is 0.0277 e. The minimum atomic E-state index is 0.582. The van der Waals surface area contributed by atoms with Crippen molar-refractivity contribution in [1.82, 2.24) is 0 Å². The highest BCUT2D eigenvalue weighted by molar-refractivity contribution is 4.84. The van der Waals surface area contributed by atoms with E-state index in [-0.39, 0.29) is 0 Å². The van der Waals surface area contributed by atoms with Crippen LogP contribution in [0.1, 0.15) is 73.1 Å². The summed E-state index contributed by atoms with van der Waals surface area (Å²) < 4.78 is 0. The molecule has 90 valence electrons. The third-order valence-electron chi connectivity index (χ3n) is 5.20. The van der Waals surface area contributed by atoms with Gasteiger partial charge >= 0.3 is 0 Å². The van der Waals surface area contributed by atoms with Crippen molar-refractivity contribution < 1.29 is 0 Å². The van der Waals surface area contributed by atoms with Crippen molar-refractivity contribution in [2.45, 2.75) is 73.1 Å². The summed E-state index contributed by atoms with van der Waals surface area (Å²) in [6.07, 6.45) is 8.70. The van der Waals surface area contributed by atoms with Crippen LogP contribution in [0.3, 0.4) is 0 Å². The second-order valence-corrected chi connectivity index (χ2v) is 6.49. The molecular formula is C15H30. The van der Waals surface area contributed by atoms with Crippen LogP contribution in [-0.4, -0.2) is 0 Å². The third kappa shape index (κ3) is 3.23. The van der Waals surface area contributed by atoms with Gasteiger partial charge in [0.1, 0.15) is 0 Å². The van der Waals surface area contributed by atoms with Crippen LogP contribution < -0.4 is 0 Å². The Kier molecular flexibility index (Phi) is 4.67. The van der Waals surface area contributed by atoms with Gasteiger partial charge in [-0.15, -0.1) is 0 Å². The molecule has 0 aliphatic heterocycles. The predicted octanol–water partition coefficient (Wildman–Crippen LogP) is 5.28. The summed E-state index contributed by atoms with van der Waals surface area (Å²) in [6, 6.07) is 0. The standard InChI is InChI=1S/C15H30/c1-12(2)15(5)11-10-13(3)8-6-7-9-14(15)4/h12-14H,6-11H2,1-5H3. The molecule has 0 radical (unpaired) electrons. The highest BCUT2D eigenvalue weighted by Crippen LogP contribution is 2.44. The normalized spacial score (nSPS) is 39.6. The summed E-state index contributed by atoms with van der Waals surface area (Å²) in [5.41, 5.74) is 0.582. The van der Waals surface area contributed by atoms with E-state index in [1.807, 2.05) is 0 Å². The monoisotopic (exact) mass is 210 g/mol. The predicted molar refractivity (Wildman–Crippen MR) is 69.0 cm³/mol. The molecule has 1 aliphatic rings. The van der Waals surface area contributed by atoms with Crippen LogP contribution in [0.5, 0.6) is 0 Å². The zero-order valence-electron chi connectivity index (χ0n) is 11.5. The van der Waals surface area contributed by atoms with E-state index >= 15 is 0 Å². The first-order valence-electron chi connectivity index (χ1n) is 6.97. The molecule has 0 aromatic carbocycles. The fourth-order valence-electron chi connectivity index (χ4n) is 3.08. The van der Waals surface area contributed by atoms with Crippen LogP contribution >= 0.6 is 0 Å². The molecule has 0 aromatic heterocycles. The van der Waals surface area contributed by atoms with E-state index in [0.29, 0.717) is 5.41 Å². The van der Waals surface area contributed by atoms with E-state index in [2.05, 4.69) is 34.6 Å². The lowest BCUT2D eigenvalue weighted by molar-refractivity contribution is 0.0990. The molecule has 0 heteroatoms. The van der Waals surface area contributed by atoms with E-state index in [9.17, 15) is 0 Å². The fraction of sp³-hybridized carbons (Fsp3) is 1.00. The first-order valence-corrected chi connectivity index (χ1v) is 6.97. The van der Waals surface area contributed by atoms with Crippen LogP contribution in [-0.2, 0) is 0 Å². The molecule has 1 saturated carbocycles. The largest absolute Gasteiger partial charge is 0.0625 e. The molecule has 1 fully saturated rings. The van der Waals surface area contributed by atoms with E-state index in [4.69, 9.17) is 0 Å². The van der Waals surface area contributed by atoms with Gasteiger partial charge in [-0.1, -0.05) is 66.7 Å². The minimum Gasteiger partial charge on any atom is -0.0625 e. The molecule has 0 heterocycles. The quantitative estimate of drug-likeness (QED) is 0.552. The minimum absolute atomic E-state index is 0.582. The van der Waals surface area contributed by atoms with E-state index in [1.165, 1.54) is 38.5 Å². The van der Waals surface area contributed by atoms with Crippen molar-refractivity contribution in [2.24, 2.45) is 23.2 Å². The first kappa shape index (κ1) is 13.1. The molecule has 0 bridgehead atoms. The van der Waals surface area contributed by atoms with Gasteiger partial charge in [0.15, 0.2) is 0 Å². The highest BCUT2D eigenvalue weighted by atomic mass is 14.4. The Morgan fingerprint density at radius 1 is 1.00 bits per heavy atom. The van der Waals surface area contributed by atoms with Crippen molar-refractivity contribution in [3.8, 4) is 0 Å². The summed E-state index contributed by atoms with van der Waals surface area (Å²) in [4.78, 5) is 0. The van der Waals surface area contributed by atoms with E-state index < -0.39 is 0 Å². The Labute approximate surface area is 96.8 Å². The molecule has 3 unspecified atom stereocenters. The lowest BCUT2D eigenvalue weighted by atomic mass is 9.65. The second-order valence-electron chi connectivity index (χ2n) is 6.49. The summed E-state index contributed by atoms with van der Waals surface area (Å²) >= 11 is 0. The molecule has 0 spiro atoms. The number of hydrogen-bond donors (Lipinski definition) is 0. The van der Waals surface area contributed by atoms with Crippen molar-refractivity contribution in [3.63, 3.8) is 0 Å². The van der Waals surface area contributed by atoms with Gasteiger partial charge in [0.05, 0.1) is 0 Å². The van der Waals surface area contributed by atoms with Gasteiger partial charge in [-0.25, -0.2) is 0 Å². The average molecular weight is 210 g/mol. The Morgan fingerprint density at radius 3 is 2.20 bits per heavy atom. The number of rotatable bonds is 1. The molecule has 0 nitrogen and oxygen atoms in total. The van der Waals surface area contributed by atoms with E-state index in [0.717, 1.165) is 17.8 Å². The van der Waals surface area contributed by atoms with Crippen LogP contribution in [0, 0.1) is 23.2 Å². The molecule has 1 rings (SSSR count). The molecule has 0 amide bonds. The summed E-state index contributed by atoms with van der Waals surface area (Å²) in [7, 11) is 0. The van der Waals surface area contributed by atoms with Gasteiger partial charge in [0.25, 0.3) is 0 Å². The first-order chi connectivity index (χ1) is 6.97. The summed E-state index contributed by atoms with van der Waals surface area (Å²) in [5, 5.41) is 0. The fourth-order valence-corrected chi connectivity index (χ4v) is 3.08. The molecule has 3 atom stereocenters. The molecule has 0 saturated heterocycles. The third-order valence-corrected chi connectivity index (χ3v) is 5.20. The Balaban J connectivity index is 2.71. The molecule has 0 N–H and O–H groups in total. The van der Waals surface area contributed by atoms with Crippen molar-refractivity contribution in [2.75, 3.05) is 0 Å². The average Bonchev–Trinajstić information content (AvgIpc) is 2.24. The second kappa shape index (κ2) is 5.37. The van der Waals surface area contributed by atoms with E-state index in [1.54, 1.807) is 0 Å². The molecule has 0 aromatic rings. The Bertz CT molecular complexity index is 182. The van der Waals surface area contributed by atoms with Crippen molar-refractivity contribution in [3.05, 3.63) is 0 Å². The zero-order chi connectivity index (χ0) is 11.5. The SMILES string of the molecule is CC1CCCCC(C)C(C)(C(C)C)CC1. The Morgan fingerprint density at radius 2 is 1.60 bits per heavy atom. The number of hydrogen-bond acceptors (Lipinski definition) is 0. The lowest BCUT2D eigenvalue weighted by Gasteiger charge is -2.40. The zero-order valence-corrected chi connectivity index (χ0v) is 11.5. The van der Waals surface area contributed by atoms with Gasteiger partial charge in [0.2, 0.25) is 0 Å². The Hall–Kier alpha value is 0. The van der Waals surface area contributed by atoms with Crippen LogP contribution in [0.25, 0.3) is 0 Å². The summed E-state index contributed by atoms with van der Waals surface area (Å²) in [6.45, 7) is 12.3. The van der Waals surface area contributed by atoms with Gasteiger partial charge in [-0.3, -0.25) is 0 Å². The highest BCUT2D eigenvalue weighted by Gasteiger charge is 2.34. The van der Waals surface area contributed by atoms with Gasteiger partial charge in [0, 0.05) is 0 Å². The van der Waals surface area contributed by atoms with Gasteiger partial charge in [-0.05, 0) is 29.6 Å². The topological polar surface area (TPSA) is 0 Å². The van der Waals surface area contributed by atoms with Gasteiger partial charge in [-0.2, -0.15) is 0 Å². The lowest BCUT2D eigenvalue weighted by Crippen LogP contribution is -2.31. The molecule has 1 aliphatic carbocycles. The summed E-state index contributed by atoms with van der Waals surface area (Å²) in [5.74, 6) is 2.69. The molecular weight excluding hydrogens is 180 g/mol. The maximum Gasteiger partial charge on any atom is -0.0277 e. The van der Waals surface area contributed by atoms with Crippen LogP contribution in [0.2, 0.25) is 0 Å². The van der Waals surface area contributed by atoms with Crippen LogP contribution in [0.15, 0.2) is 0 Å². The maximum atomic E-state index is 2.53. The van der Waals surface area contributed by atoms with Crippen molar-refractivity contribution >= 4 is 0 Å². The maximum absolute atomic E-state index is 2.53.